The molecule has 0 atom stereocenters. The van der Waals surface area contributed by atoms with Crippen LogP contribution < -0.4 is 0 Å². The molecule has 0 bridgehead atoms. The fraction of sp³-hybridized carbons (Fsp3) is 0.167. The minimum atomic E-state index is -0.484. The molecule has 1 rings (SSSR count). The van der Waals surface area contributed by atoms with E-state index in [0.29, 0.717) is 15.5 Å². The smallest absolute Gasteiger partial charge is 0.222 e. The summed E-state index contributed by atoms with van der Waals surface area (Å²) in [5.74, 6) is -0.484. The second-order valence-electron chi connectivity index (χ2n) is 1.82. The molecule has 0 saturated carbocycles. The Hall–Kier alpha value is 0.520. The predicted octanol–water partition coefficient (Wildman–Crippen LogP) is 3.64. The number of alkyl halides is 1. The van der Waals surface area contributed by atoms with Gasteiger partial charge in [0.2, 0.25) is 5.95 Å². The van der Waals surface area contributed by atoms with Crippen molar-refractivity contribution in [3.8, 4) is 0 Å². The first-order valence-corrected chi connectivity index (χ1v) is 5.42. The van der Waals surface area contributed by atoms with Crippen LogP contribution >= 0.6 is 47.8 Å². The van der Waals surface area contributed by atoms with Gasteiger partial charge in [0.1, 0.15) is 0 Å². The number of nitrogens with zero attached hydrogens (tertiary/aromatic N) is 1. The molecule has 0 fully saturated rings. The average molecular weight is 348 g/mol. The maximum absolute atomic E-state index is 12.7. The molecule has 0 N–H and O–H groups in total. The van der Waals surface area contributed by atoms with E-state index < -0.39 is 5.95 Å². The quantitative estimate of drug-likeness (QED) is 0.558. The zero-order chi connectivity index (χ0) is 8.43. The van der Waals surface area contributed by atoms with Crippen molar-refractivity contribution in [1.29, 1.82) is 0 Å². The second-order valence-corrected chi connectivity index (χ2v) is 4.09. The first-order valence-electron chi connectivity index (χ1n) is 2.71. The van der Waals surface area contributed by atoms with Crippen molar-refractivity contribution >= 4 is 47.8 Å². The highest BCUT2D eigenvalue weighted by atomic mass is 79.9. The molecule has 0 aromatic carbocycles. The van der Waals surface area contributed by atoms with Gasteiger partial charge in [-0.15, -0.1) is 0 Å². The molecule has 1 heterocycles. The van der Waals surface area contributed by atoms with Gasteiger partial charge in [-0.05, 0) is 37.9 Å². The van der Waals surface area contributed by atoms with E-state index in [4.69, 9.17) is 0 Å². The molecule has 0 aliphatic heterocycles. The Morgan fingerprint density at radius 1 is 1.36 bits per heavy atom. The summed E-state index contributed by atoms with van der Waals surface area (Å²) >= 11 is 9.47. The van der Waals surface area contributed by atoms with E-state index in [1.54, 1.807) is 6.07 Å². The molecule has 0 amide bonds. The summed E-state index contributed by atoms with van der Waals surface area (Å²) in [4.78, 5) is 3.68. The van der Waals surface area contributed by atoms with Crippen LogP contribution in [0.1, 0.15) is 5.69 Å². The topological polar surface area (TPSA) is 12.9 Å². The zero-order valence-corrected chi connectivity index (χ0v) is 10.0. The first kappa shape index (κ1) is 9.61. The predicted molar refractivity (Wildman–Crippen MR) is 52.2 cm³/mol. The van der Waals surface area contributed by atoms with Gasteiger partial charge in [0, 0.05) is 9.80 Å². The van der Waals surface area contributed by atoms with Crippen LogP contribution in [0.2, 0.25) is 0 Å². The van der Waals surface area contributed by atoms with Crippen molar-refractivity contribution in [3.05, 3.63) is 26.7 Å². The van der Waals surface area contributed by atoms with E-state index in [9.17, 15) is 4.39 Å². The molecule has 1 aromatic heterocycles. The molecular formula is C6H3Br3FN. The Bertz CT molecular complexity index is 277. The van der Waals surface area contributed by atoms with Crippen molar-refractivity contribution in [1.82, 2.24) is 4.98 Å². The summed E-state index contributed by atoms with van der Waals surface area (Å²) in [6.45, 7) is 0. The van der Waals surface area contributed by atoms with Crippen LogP contribution in [-0.2, 0) is 5.33 Å². The fourth-order valence-corrected chi connectivity index (χ4v) is 2.46. The third kappa shape index (κ3) is 2.23. The summed E-state index contributed by atoms with van der Waals surface area (Å²) in [5.41, 5.74) is 0.658. The molecule has 0 spiro atoms. The third-order valence-electron chi connectivity index (χ3n) is 1.09. The molecule has 0 unspecified atom stereocenters. The summed E-state index contributed by atoms with van der Waals surface area (Å²) in [5, 5.41) is 0.539. The summed E-state index contributed by atoms with van der Waals surface area (Å²) in [6, 6.07) is 1.64. The first-order chi connectivity index (χ1) is 5.15. The SMILES string of the molecule is Fc1nc(CBr)c(Br)cc1Br. The van der Waals surface area contributed by atoms with Crippen molar-refractivity contribution in [2.24, 2.45) is 0 Å². The van der Waals surface area contributed by atoms with E-state index in [2.05, 4.69) is 52.8 Å². The minimum Gasteiger partial charge on any atom is -0.222 e. The van der Waals surface area contributed by atoms with Gasteiger partial charge in [0.15, 0.2) is 0 Å². The third-order valence-corrected chi connectivity index (χ3v) is 2.86. The van der Waals surface area contributed by atoms with Crippen LogP contribution in [0.25, 0.3) is 0 Å². The average Bonchev–Trinajstić information content (AvgIpc) is 1.97. The molecular weight excluding hydrogens is 345 g/mol. The lowest BCUT2D eigenvalue weighted by Crippen LogP contribution is -1.92. The van der Waals surface area contributed by atoms with Crippen LogP contribution in [0.3, 0.4) is 0 Å². The van der Waals surface area contributed by atoms with Gasteiger partial charge in [-0.2, -0.15) is 4.39 Å². The van der Waals surface area contributed by atoms with Crippen molar-refractivity contribution in [2.45, 2.75) is 5.33 Å². The van der Waals surface area contributed by atoms with Gasteiger partial charge >= 0.3 is 0 Å². The van der Waals surface area contributed by atoms with Crippen LogP contribution in [-0.4, -0.2) is 4.98 Å². The van der Waals surface area contributed by atoms with Crippen LogP contribution in [0.4, 0.5) is 4.39 Å². The lowest BCUT2D eigenvalue weighted by Gasteiger charge is -2.00. The highest BCUT2D eigenvalue weighted by Crippen LogP contribution is 2.23. The molecule has 0 aliphatic carbocycles. The number of hydrogen-bond donors (Lipinski definition) is 0. The standard InChI is InChI=1S/C6H3Br3FN/c7-2-5-3(8)1-4(9)6(10)11-5/h1H,2H2. The van der Waals surface area contributed by atoms with E-state index in [1.807, 2.05) is 0 Å². The summed E-state index contributed by atoms with van der Waals surface area (Å²) < 4.78 is 13.9. The minimum absolute atomic E-state index is 0.370. The normalized spacial score (nSPS) is 10.2. The molecule has 0 saturated heterocycles. The maximum atomic E-state index is 12.7. The highest BCUT2D eigenvalue weighted by Gasteiger charge is 2.06. The maximum Gasteiger partial charge on any atom is 0.227 e. The van der Waals surface area contributed by atoms with Crippen LogP contribution in [0.5, 0.6) is 0 Å². The Morgan fingerprint density at radius 2 is 2.00 bits per heavy atom. The molecule has 0 aliphatic rings. The second kappa shape index (κ2) is 3.96. The summed E-state index contributed by atoms with van der Waals surface area (Å²) in [7, 11) is 0. The number of aromatic nitrogens is 1. The molecule has 5 heteroatoms. The number of halogens is 4. The number of hydrogen-bond acceptors (Lipinski definition) is 1. The molecule has 11 heavy (non-hydrogen) atoms. The van der Waals surface area contributed by atoms with Gasteiger partial charge in [-0.1, -0.05) is 15.9 Å². The Kier molecular flexibility index (Phi) is 3.46. The molecule has 0 radical (unpaired) electrons. The Morgan fingerprint density at radius 3 is 2.55 bits per heavy atom. The van der Waals surface area contributed by atoms with Gasteiger partial charge < -0.3 is 0 Å². The van der Waals surface area contributed by atoms with E-state index in [-0.39, 0.29) is 0 Å². The van der Waals surface area contributed by atoms with Crippen molar-refractivity contribution in [3.63, 3.8) is 0 Å². The largest absolute Gasteiger partial charge is 0.227 e. The summed E-state index contributed by atoms with van der Waals surface area (Å²) in [6.07, 6.45) is 0. The van der Waals surface area contributed by atoms with Gasteiger partial charge in [-0.3, -0.25) is 0 Å². The van der Waals surface area contributed by atoms with Gasteiger partial charge in [0.25, 0.3) is 0 Å². The van der Waals surface area contributed by atoms with E-state index >= 15 is 0 Å². The van der Waals surface area contributed by atoms with E-state index in [1.165, 1.54) is 0 Å². The lowest BCUT2D eigenvalue weighted by molar-refractivity contribution is 0.572. The highest BCUT2D eigenvalue weighted by molar-refractivity contribution is 9.11. The number of pyridine rings is 1. The lowest BCUT2D eigenvalue weighted by atomic mass is 10.4. The molecule has 1 aromatic rings. The zero-order valence-electron chi connectivity index (χ0n) is 5.24. The fourth-order valence-electron chi connectivity index (χ4n) is 0.573. The van der Waals surface area contributed by atoms with Crippen LogP contribution in [0.15, 0.2) is 15.0 Å². The van der Waals surface area contributed by atoms with E-state index in [0.717, 1.165) is 4.47 Å². The Labute approximate surface area is 88.8 Å². The number of rotatable bonds is 1. The monoisotopic (exact) mass is 345 g/mol. The van der Waals surface area contributed by atoms with Crippen LogP contribution in [0, 0.1) is 5.95 Å². The Balaban J connectivity index is 3.21. The van der Waals surface area contributed by atoms with Gasteiger partial charge in [-0.25, -0.2) is 4.98 Å². The van der Waals surface area contributed by atoms with Crippen molar-refractivity contribution < 1.29 is 4.39 Å². The van der Waals surface area contributed by atoms with Gasteiger partial charge in [0.05, 0.1) is 10.2 Å². The molecule has 1 nitrogen and oxygen atoms in total. The van der Waals surface area contributed by atoms with Crippen molar-refractivity contribution in [2.75, 3.05) is 0 Å². The molecule has 60 valence electrons.